The third kappa shape index (κ3) is 2.81. The lowest BCUT2D eigenvalue weighted by Gasteiger charge is -2.17. The van der Waals surface area contributed by atoms with Crippen molar-refractivity contribution in [1.29, 1.82) is 0 Å². The summed E-state index contributed by atoms with van der Waals surface area (Å²) in [6.45, 7) is 5.24. The number of halogens is 1. The van der Waals surface area contributed by atoms with Crippen molar-refractivity contribution in [3.05, 3.63) is 29.7 Å². The normalized spacial score (nSPS) is 12.1. The molecule has 1 N–H and O–H groups in total. The Morgan fingerprint density at radius 3 is 2.74 bits per heavy atom. The van der Waals surface area contributed by atoms with Crippen LogP contribution in [0, 0.1) is 5.82 Å². The van der Waals surface area contributed by atoms with Crippen LogP contribution in [0.2, 0.25) is 0 Å². The largest absolute Gasteiger partial charge is 0.389 e. The minimum absolute atomic E-state index is 0.0916. The van der Waals surface area contributed by atoms with E-state index in [1.165, 1.54) is 16.8 Å². The maximum atomic E-state index is 13.4. The minimum Gasteiger partial charge on any atom is -0.389 e. The average molecular weight is 264 g/mol. The summed E-state index contributed by atoms with van der Waals surface area (Å²) in [6.07, 6.45) is 0.339. The fraction of sp³-hybridized carbons (Fsp3) is 0.429. The molecule has 0 fully saturated rings. The molecule has 0 saturated carbocycles. The van der Waals surface area contributed by atoms with Gasteiger partial charge in [-0.2, -0.15) is 5.10 Å². The van der Waals surface area contributed by atoms with Crippen LogP contribution >= 0.6 is 0 Å². The highest BCUT2D eigenvalue weighted by atomic mass is 19.1. The van der Waals surface area contributed by atoms with Crippen LogP contribution in [0.4, 0.5) is 4.39 Å². The molecule has 1 aromatic carbocycles. The summed E-state index contributed by atoms with van der Waals surface area (Å²) >= 11 is 0. The number of carbonyl (C=O) groups is 1. The molecule has 0 spiro atoms. The molecule has 0 aliphatic carbocycles. The zero-order valence-electron chi connectivity index (χ0n) is 11.3. The molecule has 102 valence electrons. The lowest BCUT2D eigenvalue weighted by Crippen LogP contribution is -2.26. The zero-order chi connectivity index (χ0) is 14.2. The standard InChI is InChI=1S/C14H17FN2O2/c1-4-12(18)13-10-6-5-9(15)7-11(10)17(16-13)8-14(2,3)19/h5-7,19H,4,8H2,1-3H3. The Hall–Kier alpha value is -1.75. The van der Waals surface area contributed by atoms with Crippen LogP contribution in [0.3, 0.4) is 0 Å². The Morgan fingerprint density at radius 1 is 1.47 bits per heavy atom. The van der Waals surface area contributed by atoms with Gasteiger partial charge in [-0.05, 0) is 32.0 Å². The van der Waals surface area contributed by atoms with E-state index in [1.807, 2.05) is 0 Å². The Morgan fingerprint density at radius 2 is 2.16 bits per heavy atom. The molecule has 1 heterocycles. The van der Waals surface area contributed by atoms with Crippen LogP contribution < -0.4 is 0 Å². The van der Waals surface area contributed by atoms with Crippen LogP contribution in [0.5, 0.6) is 0 Å². The van der Waals surface area contributed by atoms with Crippen molar-refractivity contribution in [2.75, 3.05) is 0 Å². The summed E-state index contributed by atoms with van der Waals surface area (Å²) < 4.78 is 14.8. The zero-order valence-corrected chi connectivity index (χ0v) is 11.3. The van der Waals surface area contributed by atoms with Gasteiger partial charge in [-0.15, -0.1) is 0 Å². The van der Waals surface area contributed by atoms with Crippen molar-refractivity contribution in [3.63, 3.8) is 0 Å². The molecule has 2 aromatic rings. The second-order valence-electron chi connectivity index (χ2n) is 5.26. The predicted octanol–water partition coefficient (Wildman–Crippen LogP) is 2.54. The van der Waals surface area contributed by atoms with E-state index in [-0.39, 0.29) is 18.1 Å². The summed E-state index contributed by atoms with van der Waals surface area (Å²) in [4.78, 5) is 11.9. The summed E-state index contributed by atoms with van der Waals surface area (Å²) in [6, 6.07) is 4.20. The number of aromatic nitrogens is 2. The molecule has 0 radical (unpaired) electrons. The van der Waals surface area contributed by atoms with E-state index in [0.29, 0.717) is 23.0 Å². The van der Waals surface area contributed by atoms with Gasteiger partial charge in [0.1, 0.15) is 11.5 Å². The van der Waals surface area contributed by atoms with Gasteiger partial charge in [-0.1, -0.05) is 6.92 Å². The molecular weight excluding hydrogens is 247 g/mol. The van der Waals surface area contributed by atoms with Gasteiger partial charge in [0.25, 0.3) is 0 Å². The van der Waals surface area contributed by atoms with Gasteiger partial charge in [-0.3, -0.25) is 9.48 Å². The Labute approximate surface area is 110 Å². The first-order valence-electron chi connectivity index (χ1n) is 6.23. The van der Waals surface area contributed by atoms with Crippen LogP contribution in [0.25, 0.3) is 10.9 Å². The van der Waals surface area contributed by atoms with Gasteiger partial charge in [0.2, 0.25) is 0 Å². The van der Waals surface area contributed by atoms with Gasteiger partial charge in [0.05, 0.1) is 17.7 Å². The molecule has 0 amide bonds. The molecular formula is C14H17FN2O2. The summed E-state index contributed by atoms with van der Waals surface area (Å²) in [5.41, 5.74) is -0.127. The van der Waals surface area contributed by atoms with E-state index in [9.17, 15) is 14.3 Å². The molecule has 0 bridgehead atoms. The maximum absolute atomic E-state index is 13.4. The van der Waals surface area contributed by atoms with Crippen LogP contribution in [0.15, 0.2) is 18.2 Å². The highest BCUT2D eigenvalue weighted by Crippen LogP contribution is 2.22. The number of nitrogens with zero attached hydrogens (tertiary/aromatic N) is 2. The van der Waals surface area contributed by atoms with Crippen molar-refractivity contribution in [2.45, 2.75) is 39.3 Å². The molecule has 0 atom stereocenters. The van der Waals surface area contributed by atoms with Crippen LogP contribution in [-0.4, -0.2) is 26.3 Å². The van der Waals surface area contributed by atoms with Crippen molar-refractivity contribution >= 4 is 16.7 Å². The molecule has 2 rings (SSSR count). The van der Waals surface area contributed by atoms with E-state index >= 15 is 0 Å². The third-order valence-corrected chi connectivity index (χ3v) is 2.84. The molecule has 0 unspecified atom stereocenters. The second-order valence-corrected chi connectivity index (χ2v) is 5.26. The van der Waals surface area contributed by atoms with E-state index in [0.717, 1.165) is 0 Å². The molecule has 1 aromatic heterocycles. The lowest BCUT2D eigenvalue weighted by atomic mass is 10.1. The predicted molar refractivity (Wildman–Crippen MR) is 70.6 cm³/mol. The van der Waals surface area contributed by atoms with E-state index < -0.39 is 5.60 Å². The van der Waals surface area contributed by atoms with Gasteiger partial charge in [0, 0.05) is 11.8 Å². The highest BCUT2D eigenvalue weighted by molar-refractivity contribution is 6.05. The number of Topliss-reactive ketones (excluding diaryl/α,β-unsaturated/α-hetero) is 1. The first kappa shape index (κ1) is 13.7. The SMILES string of the molecule is CCC(=O)c1nn(CC(C)(C)O)c2cc(F)ccc12. The van der Waals surface area contributed by atoms with Crippen LogP contribution in [-0.2, 0) is 6.54 Å². The van der Waals surface area contributed by atoms with Crippen molar-refractivity contribution < 1.29 is 14.3 Å². The van der Waals surface area contributed by atoms with Gasteiger partial charge < -0.3 is 5.11 Å². The Bertz CT molecular complexity index is 626. The quantitative estimate of drug-likeness (QED) is 0.863. The lowest BCUT2D eigenvalue weighted by molar-refractivity contribution is 0.0588. The molecule has 19 heavy (non-hydrogen) atoms. The van der Waals surface area contributed by atoms with E-state index in [1.54, 1.807) is 26.8 Å². The molecule has 0 aliphatic rings. The second kappa shape index (κ2) is 4.74. The molecule has 0 aliphatic heterocycles. The van der Waals surface area contributed by atoms with Gasteiger partial charge in [0.15, 0.2) is 5.78 Å². The first-order chi connectivity index (χ1) is 8.81. The van der Waals surface area contributed by atoms with Crippen LogP contribution in [0.1, 0.15) is 37.7 Å². The molecule has 4 nitrogen and oxygen atoms in total. The highest BCUT2D eigenvalue weighted by Gasteiger charge is 2.20. The number of fused-ring (bicyclic) bond motifs is 1. The first-order valence-corrected chi connectivity index (χ1v) is 6.23. The topological polar surface area (TPSA) is 55.1 Å². The summed E-state index contributed by atoms with van der Waals surface area (Å²) in [7, 11) is 0. The maximum Gasteiger partial charge on any atom is 0.183 e. The Balaban J connectivity index is 2.63. The number of hydrogen-bond donors (Lipinski definition) is 1. The van der Waals surface area contributed by atoms with Gasteiger partial charge in [-0.25, -0.2) is 4.39 Å². The van der Waals surface area contributed by atoms with Crippen molar-refractivity contribution in [1.82, 2.24) is 9.78 Å². The summed E-state index contributed by atoms with van der Waals surface area (Å²) in [5, 5.41) is 14.7. The average Bonchev–Trinajstić information content (AvgIpc) is 2.64. The number of benzene rings is 1. The molecule has 5 heteroatoms. The van der Waals surface area contributed by atoms with Gasteiger partial charge >= 0.3 is 0 Å². The fourth-order valence-electron chi connectivity index (χ4n) is 2.01. The van der Waals surface area contributed by atoms with E-state index in [2.05, 4.69) is 5.10 Å². The number of aliphatic hydroxyl groups is 1. The number of hydrogen-bond acceptors (Lipinski definition) is 3. The number of ketones is 1. The smallest absolute Gasteiger partial charge is 0.183 e. The molecule has 0 saturated heterocycles. The summed E-state index contributed by atoms with van der Waals surface area (Å²) in [5.74, 6) is -0.481. The van der Waals surface area contributed by atoms with Crippen molar-refractivity contribution in [2.24, 2.45) is 0 Å². The fourth-order valence-corrected chi connectivity index (χ4v) is 2.01. The number of rotatable bonds is 4. The monoisotopic (exact) mass is 264 g/mol. The Kier molecular flexibility index (Phi) is 3.41. The number of carbonyl (C=O) groups excluding carboxylic acids is 1. The third-order valence-electron chi connectivity index (χ3n) is 2.84. The minimum atomic E-state index is -0.988. The van der Waals surface area contributed by atoms with Crippen molar-refractivity contribution in [3.8, 4) is 0 Å². The van der Waals surface area contributed by atoms with E-state index in [4.69, 9.17) is 0 Å².